The predicted octanol–water partition coefficient (Wildman–Crippen LogP) is 4.51. The topological polar surface area (TPSA) is 53.1 Å². The van der Waals surface area contributed by atoms with Gasteiger partial charge >= 0.3 is 0 Å². The molecule has 0 spiro atoms. The first-order valence-corrected chi connectivity index (χ1v) is 9.00. The summed E-state index contributed by atoms with van der Waals surface area (Å²) in [6, 6.07) is 14.7. The molecule has 0 amide bonds. The van der Waals surface area contributed by atoms with Gasteiger partial charge in [0.25, 0.3) is 0 Å². The monoisotopic (exact) mass is 351 g/mol. The van der Waals surface area contributed by atoms with Crippen LogP contribution in [0.1, 0.15) is 31.1 Å². The highest BCUT2D eigenvalue weighted by atomic mass is 19.1. The summed E-state index contributed by atoms with van der Waals surface area (Å²) in [6.45, 7) is 1.21. The van der Waals surface area contributed by atoms with Crippen molar-refractivity contribution in [1.82, 2.24) is 9.78 Å². The molecule has 4 rings (SSSR count). The molecule has 2 aromatic carbocycles. The van der Waals surface area contributed by atoms with Crippen LogP contribution in [-0.2, 0) is 11.3 Å². The largest absolute Gasteiger partial charge is 0.356 e. The van der Waals surface area contributed by atoms with Gasteiger partial charge in [-0.05, 0) is 60.2 Å². The van der Waals surface area contributed by atoms with E-state index in [0.29, 0.717) is 6.54 Å². The van der Waals surface area contributed by atoms with Gasteiger partial charge in [0.05, 0.1) is 5.69 Å². The number of hydrogen-bond donors (Lipinski definition) is 1. The maximum atomic E-state index is 13.2. The molecule has 5 heteroatoms. The second kappa shape index (κ2) is 7.40. The minimum Gasteiger partial charge on any atom is -0.356 e. The zero-order valence-electron chi connectivity index (χ0n) is 14.6. The lowest BCUT2D eigenvalue weighted by Gasteiger charge is -2.25. The SMILES string of the molecule is NCc1ccc(-c2ccc(F)cc2)cc1-c1ccnn1C1CCCCO1. The van der Waals surface area contributed by atoms with Gasteiger partial charge in [0.15, 0.2) is 6.23 Å². The molecular weight excluding hydrogens is 329 g/mol. The van der Waals surface area contributed by atoms with Crippen molar-refractivity contribution < 1.29 is 9.13 Å². The minimum absolute atomic E-state index is 0.0335. The first kappa shape index (κ1) is 16.9. The molecule has 26 heavy (non-hydrogen) atoms. The normalized spacial score (nSPS) is 17.4. The number of rotatable bonds is 4. The Kier molecular flexibility index (Phi) is 4.82. The van der Waals surface area contributed by atoms with Crippen LogP contribution < -0.4 is 5.73 Å². The Morgan fingerprint density at radius 3 is 2.62 bits per heavy atom. The number of halogens is 1. The van der Waals surface area contributed by atoms with Crippen LogP contribution in [0.3, 0.4) is 0 Å². The second-order valence-corrected chi connectivity index (χ2v) is 6.57. The number of hydrogen-bond acceptors (Lipinski definition) is 3. The Morgan fingerprint density at radius 2 is 1.88 bits per heavy atom. The number of ether oxygens (including phenoxy) is 1. The van der Waals surface area contributed by atoms with Crippen LogP contribution in [-0.4, -0.2) is 16.4 Å². The summed E-state index contributed by atoms with van der Waals surface area (Å²) < 4.78 is 21.1. The maximum absolute atomic E-state index is 13.2. The number of nitrogens with two attached hydrogens (primary N) is 1. The fourth-order valence-electron chi connectivity index (χ4n) is 3.49. The van der Waals surface area contributed by atoms with Crippen LogP contribution in [0.2, 0.25) is 0 Å². The average Bonchev–Trinajstić information content (AvgIpc) is 3.18. The van der Waals surface area contributed by atoms with Crippen LogP contribution in [0.15, 0.2) is 54.7 Å². The van der Waals surface area contributed by atoms with Gasteiger partial charge in [0, 0.05) is 24.9 Å². The van der Waals surface area contributed by atoms with Gasteiger partial charge in [-0.3, -0.25) is 0 Å². The van der Waals surface area contributed by atoms with Crippen molar-refractivity contribution in [2.45, 2.75) is 32.0 Å². The van der Waals surface area contributed by atoms with Gasteiger partial charge in [0.2, 0.25) is 0 Å². The van der Waals surface area contributed by atoms with Crippen molar-refractivity contribution in [3.05, 3.63) is 66.1 Å². The predicted molar refractivity (Wildman–Crippen MR) is 99.8 cm³/mol. The minimum atomic E-state index is -0.236. The third kappa shape index (κ3) is 3.28. The van der Waals surface area contributed by atoms with Crippen molar-refractivity contribution in [3.8, 4) is 22.4 Å². The lowest BCUT2D eigenvalue weighted by Crippen LogP contribution is -2.20. The average molecular weight is 351 g/mol. The van der Waals surface area contributed by atoms with Crippen LogP contribution in [0.25, 0.3) is 22.4 Å². The molecular formula is C21H22FN3O. The summed E-state index contributed by atoms with van der Waals surface area (Å²) in [7, 11) is 0. The molecule has 2 heterocycles. The fraction of sp³-hybridized carbons (Fsp3) is 0.286. The molecule has 1 atom stereocenters. The molecule has 0 radical (unpaired) electrons. The molecule has 0 aliphatic carbocycles. The van der Waals surface area contributed by atoms with Gasteiger partial charge in [-0.2, -0.15) is 5.10 Å². The van der Waals surface area contributed by atoms with Crippen LogP contribution in [0, 0.1) is 5.82 Å². The van der Waals surface area contributed by atoms with Crippen LogP contribution in [0.5, 0.6) is 0 Å². The third-order valence-corrected chi connectivity index (χ3v) is 4.88. The van der Waals surface area contributed by atoms with Gasteiger partial charge in [-0.15, -0.1) is 0 Å². The Bertz CT molecular complexity index is 883. The van der Waals surface area contributed by atoms with E-state index in [0.717, 1.165) is 53.8 Å². The Hall–Kier alpha value is -2.50. The zero-order valence-corrected chi connectivity index (χ0v) is 14.6. The van der Waals surface area contributed by atoms with E-state index in [1.165, 1.54) is 12.1 Å². The first-order valence-electron chi connectivity index (χ1n) is 9.00. The van der Waals surface area contributed by atoms with Gasteiger partial charge < -0.3 is 10.5 Å². The third-order valence-electron chi connectivity index (χ3n) is 4.88. The van der Waals surface area contributed by atoms with Crippen LogP contribution in [0.4, 0.5) is 4.39 Å². The lowest BCUT2D eigenvalue weighted by atomic mass is 9.97. The summed E-state index contributed by atoms with van der Waals surface area (Å²) in [6.07, 6.45) is 4.97. The van der Waals surface area contributed by atoms with Crippen LogP contribution >= 0.6 is 0 Å². The Balaban J connectivity index is 1.77. The lowest BCUT2D eigenvalue weighted by molar-refractivity contribution is -0.0383. The van der Waals surface area contributed by atoms with Gasteiger partial charge in [-0.25, -0.2) is 9.07 Å². The fourth-order valence-corrected chi connectivity index (χ4v) is 3.49. The van der Waals surface area contributed by atoms with Crippen molar-refractivity contribution in [1.29, 1.82) is 0 Å². The molecule has 1 fully saturated rings. The molecule has 1 aromatic heterocycles. The molecule has 1 unspecified atom stereocenters. The molecule has 1 aliphatic rings. The highest BCUT2D eigenvalue weighted by Gasteiger charge is 2.20. The molecule has 1 saturated heterocycles. The first-order chi connectivity index (χ1) is 12.8. The molecule has 1 aliphatic heterocycles. The van der Waals surface area contributed by atoms with Gasteiger partial charge in [0.1, 0.15) is 5.82 Å². The highest BCUT2D eigenvalue weighted by molar-refractivity contribution is 5.74. The van der Waals surface area contributed by atoms with Crippen molar-refractivity contribution >= 4 is 0 Å². The molecule has 134 valence electrons. The molecule has 4 nitrogen and oxygen atoms in total. The number of aromatic nitrogens is 2. The highest BCUT2D eigenvalue weighted by Crippen LogP contribution is 2.33. The maximum Gasteiger partial charge on any atom is 0.150 e. The number of benzene rings is 2. The van der Waals surface area contributed by atoms with E-state index in [4.69, 9.17) is 10.5 Å². The molecule has 0 saturated carbocycles. The summed E-state index contributed by atoms with van der Waals surface area (Å²) in [4.78, 5) is 0. The Morgan fingerprint density at radius 1 is 1.08 bits per heavy atom. The molecule has 2 N–H and O–H groups in total. The zero-order chi connectivity index (χ0) is 17.9. The smallest absolute Gasteiger partial charge is 0.150 e. The van der Waals surface area contributed by atoms with E-state index in [2.05, 4.69) is 11.2 Å². The molecule has 3 aromatic rings. The van der Waals surface area contributed by atoms with E-state index >= 15 is 0 Å². The summed E-state index contributed by atoms with van der Waals surface area (Å²) in [5.41, 5.74) is 11.1. The van der Waals surface area contributed by atoms with E-state index in [1.807, 2.05) is 22.9 Å². The van der Waals surface area contributed by atoms with Crippen molar-refractivity contribution in [2.75, 3.05) is 6.61 Å². The standard InChI is InChI=1S/C21H22FN3O/c22-18-8-6-15(7-9-18)16-4-5-17(14-23)19(13-16)20-10-11-24-25(20)21-3-1-2-12-26-21/h4-11,13,21H,1-3,12,14,23H2. The van der Waals surface area contributed by atoms with Gasteiger partial charge in [-0.1, -0.05) is 24.3 Å². The Labute approximate surface area is 152 Å². The van der Waals surface area contributed by atoms with E-state index < -0.39 is 0 Å². The van der Waals surface area contributed by atoms with E-state index in [-0.39, 0.29) is 12.0 Å². The van der Waals surface area contributed by atoms with E-state index in [1.54, 1.807) is 18.3 Å². The van der Waals surface area contributed by atoms with Crippen molar-refractivity contribution in [3.63, 3.8) is 0 Å². The summed E-state index contributed by atoms with van der Waals surface area (Å²) >= 11 is 0. The second-order valence-electron chi connectivity index (χ2n) is 6.57. The van der Waals surface area contributed by atoms with E-state index in [9.17, 15) is 4.39 Å². The summed E-state index contributed by atoms with van der Waals surface area (Å²) in [5, 5.41) is 4.51. The van der Waals surface area contributed by atoms with Crippen molar-refractivity contribution in [2.24, 2.45) is 5.73 Å². The quantitative estimate of drug-likeness (QED) is 0.752. The summed E-state index contributed by atoms with van der Waals surface area (Å²) in [5.74, 6) is -0.236. The number of nitrogens with zero attached hydrogens (tertiary/aromatic N) is 2. The molecule has 0 bridgehead atoms.